The second kappa shape index (κ2) is 8.32. The second-order valence-electron chi connectivity index (χ2n) is 4.57. The molecule has 0 saturated carbocycles. The van der Waals surface area contributed by atoms with Crippen molar-refractivity contribution in [2.75, 3.05) is 27.4 Å². The van der Waals surface area contributed by atoms with E-state index in [2.05, 4.69) is 5.32 Å². The van der Waals surface area contributed by atoms with E-state index in [0.717, 1.165) is 5.56 Å². The Kier molecular flexibility index (Phi) is 7.09. The average molecular weight is 303 g/mol. The lowest BCUT2D eigenvalue weighted by Crippen LogP contribution is -2.35. The average Bonchev–Trinajstić information content (AvgIpc) is 2.45. The highest BCUT2D eigenvalue weighted by atomic mass is 35.5. The van der Waals surface area contributed by atoms with Crippen LogP contribution in [0.5, 0.6) is 11.5 Å². The highest BCUT2D eigenvalue weighted by Crippen LogP contribution is 2.39. The van der Waals surface area contributed by atoms with E-state index in [1.165, 1.54) is 0 Å². The molecule has 0 aromatic heterocycles. The number of rotatable bonds is 8. The summed E-state index contributed by atoms with van der Waals surface area (Å²) in [7, 11) is 3.11. The molecule has 0 bridgehead atoms. The number of benzene rings is 1. The van der Waals surface area contributed by atoms with E-state index in [9.17, 15) is 0 Å². The van der Waals surface area contributed by atoms with Crippen molar-refractivity contribution in [3.05, 3.63) is 22.7 Å². The molecule has 6 heteroatoms. The van der Waals surface area contributed by atoms with E-state index in [-0.39, 0.29) is 18.7 Å². The molecule has 0 aliphatic heterocycles. The minimum Gasteiger partial charge on any atom is -0.493 e. The molecule has 2 atom stereocenters. The summed E-state index contributed by atoms with van der Waals surface area (Å²) in [4.78, 5) is 0. The van der Waals surface area contributed by atoms with Crippen LogP contribution in [0.25, 0.3) is 0 Å². The SMILES string of the molecule is COc1ccc(C(CN)NC(C)CCO)c(Cl)c1OC. The molecule has 114 valence electrons. The van der Waals surface area contributed by atoms with Gasteiger partial charge in [0.05, 0.1) is 19.2 Å². The smallest absolute Gasteiger partial charge is 0.179 e. The van der Waals surface area contributed by atoms with Crippen molar-refractivity contribution >= 4 is 11.6 Å². The van der Waals surface area contributed by atoms with Crippen molar-refractivity contribution in [2.24, 2.45) is 5.73 Å². The molecular weight excluding hydrogens is 280 g/mol. The number of hydrogen-bond acceptors (Lipinski definition) is 5. The van der Waals surface area contributed by atoms with Crippen LogP contribution in [0.2, 0.25) is 5.02 Å². The zero-order chi connectivity index (χ0) is 15.1. The molecule has 0 heterocycles. The highest BCUT2D eigenvalue weighted by Gasteiger charge is 2.20. The molecule has 2 unspecified atom stereocenters. The predicted molar refractivity (Wildman–Crippen MR) is 80.7 cm³/mol. The molecule has 1 rings (SSSR count). The number of aliphatic hydroxyl groups is 1. The van der Waals surface area contributed by atoms with Crippen LogP contribution in [-0.4, -0.2) is 38.5 Å². The standard InChI is InChI=1S/C14H23ClN2O3/c1-9(6-7-18)17-11(8-16)10-4-5-12(19-2)14(20-3)13(10)15/h4-5,9,11,17-18H,6-8,16H2,1-3H3. The molecule has 0 spiro atoms. The van der Waals surface area contributed by atoms with Gasteiger partial charge in [0.15, 0.2) is 11.5 Å². The molecule has 0 fully saturated rings. The molecule has 5 nitrogen and oxygen atoms in total. The van der Waals surface area contributed by atoms with Crippen LogP contribution < -0.4 is 20.5 Å². The Morgan fingerprint density at radius 1 is 1.35 bits per heavy atom. The molecule has 1 aromatic carbocycles. The zero-order valence-corrected chi connectivity index (χ0v) is 12.9. The number of ether oxygens (including phenoxy) is 2. The van der Waals surface area contributed by atoms with Crippen molar-refractivity contribution in [2.45, 2.75) is 25.4 Å². The van der Waals surface area contributed by atoms with Crippen LogP contribution in [0.15, 0.2) is 12.1 Å². The van der Waals surface area contributed by atoms with E-state index >= 15 is 0 Å². The van der Waals surface area contributed by atoms with Gasteiger partial charge in [0.1, 0.15) is 0 Å². The lowest BCUT2D eigenvalue weighted by atomic mass is 10.0. The first-order valence-corrected chi connectivity index (χ1v) is 6.94. The van der Waals surface area contributed by atoms with Crippen LogP contribution in [0, 0.1) is 0 Å². The number of nitrogens with one attached hydrogen (secondary N) is 1. The molecule has 0 saturated heterocycles. The molecule has 1 aromatic rings. The molecule has 0 amide bonds. The Morgan fingerprint density at radius 3 is 2.55 bits per heavy atom. The van der Waals surface area contributed by atoms with Gasteiger partial charge in [0.25, 0.3) is 0 Å². The van der Waals surface area contributed by atoms with E-state index in [1.807, 2.05) is 13.0 Å². The maximum atomic E-state index is 8.96. The van der Waals surface area contributed by atoms with E-state index < -0.39 is 0 Å². The summed E-state index contributed by atoms with van der Waals surface area (Å²) < 4.78 is 10.5. The van der Waals surface area contributed by atoms with E-state index in [4.69, 9.17) is 31.9 Å². The van der Waals surface area contributed by atoms with Crippen molar-refractivity contribution in [1.29, 1.82) is 0 Å². The first-order valence-electron chi connectivity index (χ1n) is 6.56. The Bertz CT molecular complexity index is 429. The molecule has 4 N–H and O–H groups in total. The third kappa shape index (κ3) is 3.99. The Morgan fingerprint density at radius 2 is 2.05 bits per heavy atom. The molecular formula is C14H23ClN2O3. The van der Waals surface area contributed by atoms with Gasteiger partial charge in [-0.3, -0.25) is 0 Å². The monoisotopic (exact) mass is 302 g/mol. The first-order chi connectivity index (χ1) is 9.58. The summed E-state index contributed by atoms with van der Waals surface area (Å²) in [6, 6.07) is 3.71. The highest BCUT2D eigenvalue weighted by molar-refractivity contribution is 6.33. The van der Waals surface area contributed by atoms with Gasteiger partial charge in [-0.15, -0.1) is 0 Å². The maximum absolute atomic E-state index is 8.96. The number of methoxy groups -OCH3 is 2. The largest absolute Gasteiger partial charge is 0.493 e. The lowest BCUT2D eigenvalue weighted by Gasteiger charge is -2.24. The van der Waals surface area contributed by atoms with E-state index in [0.29, 0.717) is 29.5 Å². The van der Waals surface area contributed by atoms with Gasteiger partial charge in [0, 0.05) is 25.2 Å². The Labute approximate surface area is 125 Å². The van der Waals surface area contributed by atoms with Crippen molar-refractivity contribution in [1.82, 2.24) is 5.32 Å². The van der Waals surface area contributed by atoms with Gasteiger partial charge in [-0.25, -0.2) is 0 Å². The first kappa shape index (κ1) is 17.0. The van der Waals surface area contributed by atoms with Gasteiger partial charge in [0.2, 0.25) is 0 Å². The fourth-order valence-corrected chi connectivity index (χ4v) is 2.44. The van der Waals surface area contributed by atoms with Crippen molar-refractivity contribution in [3.8, 4) is 11.5 Å². The summed E-state index contributed by atoms with van der Waals surface area (Å²) in [6.45, 7) is 2.52. The summed E-state index contributed by atoms with van der Waals surface area (Å²) >= 11 is 6.38. The minimum atomic E-state index is -0.108. The van der Waals surface area contributed by atoms with Crippen LogP contribution in [0.4, 0.5) is 0 Å². The summed E-state index contributed by atoms with van der Waals surface area (Å²) in [5.74, 6) is 1.09. The van der Waals surface area contributed by atoms with E-state index in [1.54, 1.807) is 20.3 Å². The predicted octanol–water partition coefficient (Wildman–Crippen LogP) is 1.72. The zero-order valence-electron chi connectivity index (χ0n) is 12.1. The fourth-order valence-electron chi connectivity index (χ4n) is 2.08. The van der Waals surface area contributed by atoms with Gasteiger partial charge in [-0.05, 0) is 25.0 Å². The number of halogens is 1. The van der Waals surface area contributed by atoms with Gasteiger partial charge >= 0.3 is 0 Å². The number of hydrogen-bond donors (Lipinski definition) is 3. The fraction of sp³-hybridized carbons (Fsp3) is 0.571. The second-order valence-corrected chi connectivity index (χ2v) is 4.95. The van der Waals surface area contributed by atoms with Crippen LogP contribution in [0.1, 0.15) is 24.9 Å². The summed E-state index contributed by atoms with van der Waals surface area (Å²) in [6.07, 6.45) is 0.654. The molecule has 20 heavy (non-hydrogen) atoms. The third-order valence-electron chi connectivity index (χ3n) is 3.17. The van der Waals surface area contributed by atoms with Gasteiger partial charge in [-0.1, -0.05) is 17.7 Å². The topological polar surface area (TPSA) is 76.7 Å². The maximum Gasteiger partial charge on any atom is 0.179 e. The molecule has 0 radical (unpaired) electrons. The van der Waals surface area contributed by atoms with Crippen LogP contribution in [0.3, 0.4) is 0 Å². The van der Waals surface area contributed by atoms with Crippen molar-refractivity contribution < 1.29 is 14.6 Å². The Balaban J connectivity index is 3.03. The number of nitrogens with two attached hydrogens (primary N) is 1. The lowest BCUT2D eigenvalue weighted by molar-refractivity contribution is 0.263. The van der Waals surface area contributed by atoms with Gasteiger partial charge < -0.3 is 25.6 Å². The van der Waals surface area contributed by atoms with Gasteiger partial charge in [-0.2, -0.15) is 0 Å². The molecule has 0 aliphatic carbocycles. The summed E-state index contributed by atoms with van der Waals surface area (Å²) in [5, 5.41) is 12.8. The Hall–Kier alpha value is -1.01. The minimum absolute atomic E-state index is 0.108. The van der Waals surface area contributed by atoms with Crippen molar-refractivity contribution in [3.63, 3.8) is 0 Å². The van der Waals surface area contributed by atoms with Crippen LogP contribution >= 0.6 is 11.6 Å². The van der Waals surface area contributed by atoms with Crippen LogP contribution in [-0.2, 0) is 0 Å². The normalized spacial score (nSPS) is 13.9. The number of aliphatic hydroxyl groups excluding tert-OH is 1. The quantitative estimate of drug-likeness (QED) is 0.681. The third-order valence-corrected chi connectivity index (χ3v) is 3.56. The molecule has 0 aliphatic rings. The summed E-state index contributed by atoms with van der Waals surface area (Å²) in [5.41, 5.74) is 6.68.